The van der Waals surface area contributed by atoms with Gasteiger partial charge >= 0.3 is 0 Å². The number of halogens is 2. The van der Waals surface area contributed by atoms with Crippen molar-refractivity contribution in [2.45, 2.75) is 12.3 Å². The number of likely N-dealkylation sites (N-methyl/N-ethyl adjacent to an activating group) is 1. The molecule has 1 aromatic carbocycles. The molecule has 0 fully saturated rings. The van der Waals surface area contributed by atoms with Crippen LogP contribution in [0.4, 0.5) is 4.39 Å². The molecule has 4 rings (SSSR count). The second-order valence-corrected chi connectivity index (χ2v) is 6.82. The highest BCUT2D eigenvalue weighted by atomic mass is 79.9. The van der Waals surface area contributed by atoms with Crippen LogP contribution in [0.2, 0.25) is 0 Å². The molecule has 0 amide bonds. The number of hydrogen-bond acceptors (Lipinski definition) is 4. The molecule has 0 aliphatic carbocycles. The Balaban J connectivity index is 1.69. The molecule has 5 nitrogen and oxygen atoms in total. The van der Waals surface area contributed by atoms with E-state index in [1.165, 1.54) is 6.07 Å². The number of imidazole rings is 1. The number of hydrazone groups is 1. The molecule has 0 radical (unpaired) electrons. The fourth-order valence-corrected chi connectivity index (χ4v) is 3.19. The third-order valence-corrected chi connectivity index (χ3v) is 4.62. The van der Waals surface area contributed by atoms with Crippen molar-refractivity contribution in [3.8, 4) is 0 Å². The van der Waals surface area contributed by atoms with Crippen LogP contribution >= 0.6 is 15.9 Å². The van der Waals surface area contributed by atoms with Crippen molar-refractivity contribution in [3.63, 3.8) is 0 Å². The summed E-state index contributed by atoms with van der Waals surface area (Å²) in [5.41, 5.74) is 3.17. The molecule has 0 spiro atoms. The number of hydrogen-bond donors (Lipinski definition) is 0. The van der Waals surface area contributed by atoms with Gasteiger partial charge in [-0.1, -0.05) is 22.0 Å². The van der Waals surface area contributed by atoms with Crippen LogP contribution in [-0.2, 0) is 6.42 Å². The first-order valence-electron chi connectivity index (χ1n) is 7.63. The van der Waals surface area contributed by atoms with Gasteiger partial charge < -0.3 is 0 Å². The van der Waals surface area contributed by atoms with Crippen LogP contribution in [0, 0.1) is 5.82 Å². The average Bonchev–Trinajstić information content (AvgIpc) is 3.16. The number of aromatic nitrogens is 3. The van der Waals surface area contributed by atoms with Crippen LogP contribution in [0.15, 0.2) is 46.1 Å². The van der Waals surface area contributed by atoms with Crippen LogP contribution in [0.25, 0.3) is 5.65 Å². The lowest BCUT2D eigenvalue weighted by Crippen LogP contribution is -2.14. The Morgan fingerprint density at radius 3 is 2.92 bits per heavy atom. The van der Waals surface area contributed by atoms with Gasteiger partial charge in [0.05, 0.1) is 23.5 Å². The third-order valence-electron chi connectivity index (χ3n) is 4.12. The molecule has 1 aliphatic heterocycles. The summed E-state index contributed by atoms with van der Waals surface area (Å²) >= 11 is 3.28. The molecule has 1 unspecified atom stereocenters. The molecule has 0 N–H and O–H groups in total. The van der Waals surface area contributed by atoms with E-state index in [0.29, 0.717) is 12.0 Å². The molecule has 1 aliphatic rings. The summed E-state index contributed by atoms with van der Waals surface area (Å²) in [5.74, 6) is -0.0703. The molecule has 1 atom stereocenters. The fourth-order valence-electron chi connectivity index (χ4n) is 2.86. The molecule has 2 aromatic heterocycles. The van der Waals surface area contributed by atoms with Gasteiger partial charge in [0, 0.05) is 30.7 Å². The summed E-state index contributed by atoms with van der Waals surface area (Å²) in [5, 5.41) is 10.9. The largest absolute Gasteiger partial charge is 0.299 e. The van der Waals surface area contributed by atoms with Crippen LogP contribution in [-0.4, -0.2) is 39.4 Å². The lowest BCUT2D eigenvalue weighted by atomic mass is 10.1. The van der Waals surface area contributed by atoms with Crippen molar-refractivity contribution >= 4 is 27.8 Å². The molecule has 3 heterocycles. The molecule has 7 heteroatoms. The Morgan fingerprint density at radius 1 is 1.29 bits per heavy atom. The Labute approximate surface area is 146 Å². The van der Waals surface area contributed by atoms with Crippen molar-refractivity contribution in [2.24, 2.45) is 5.10 Å². The summed E-state index contributed by atoms with van der Waals surface area (Å²) in [4.78, 5) is 4.37. The molecule has 0 saturated carbocycles. The predicted octanol–water partition coefficient (Wildman–Crippen LogP) is 3.24. The lowest BCUT2D eigenvalue weighted by molar-refractivity contribution is 0.379. The maximum absolute atomic E-state index is 14.1. The Kier molecular flexibility index (Phi) is 3.80. The van der Waals surface area contributed by atoms with E-state index >= 15 is 0 Å². The van der Waals surface area contributed by atoms with Crippen LogP contribution in [0.1, 0.15) is 22.9 Å². The van der Waals surface area contributed by atoms with E-state index in [9.17, 15) is 4.39 Å². The molecule has 3 aromatic rings. The van der Waals surface area contributed by atoms with Crippen molar-refractivity contribution in [3.05, 3.63) is 63.8 Å². The average molecular weight is 388 g/mol. The van der Waals surface area contributed by atoms with Gasteiger partial charge in [-0.25, -0.2) is 13.9 Å². The highest BCUT2D eigenvalue weighted by molar-refractivity contribution is 9.10. The predicted molar refractivity (Wildman–Crippen MR) is 93.8 cm³/mol. The number of nitrogens with zero attached hydrogens (tertiary/aromatic N) is 5. The van der Waals surface area contributed by atoms with Crippen molar-refractivity contribution in [2.75, 3.05) is 13.6 Å². The standard InChI is InChI=1S/C17H15BrFN5/c1-23-10-12(8-21-23)16-4-5-17-20-9-14(24(17)22-16)6-11-2-3-13(18)7-15(11)19/h2-5,7-9,12H,6,10H2,1H3. The zero-order chi connectivity index (χ0) is 16.7. The molecule has 0 saturated heterocycles. The highest BCUT2D eigenvalue weighted by Gasteiger charge is 2.19. The van der Waals surface area contributed by atoms with Crippen LogP contribution in [0.3, 0.4) is 0 Å². The smallest absolute Gasteiger partial charge is 0.153 e. The minimum absolute atomic E-state index is 0.166. The first kappa shape index (κ1) is 15.3. The zero-order valence-electron chi connectivity index (χ0n) is 13.0. The number of benzene rings is 1. The Morgan fingerprint density at radius 2 is 2.17 bits per heavy atom. The molecular formula is C17H15BrFN5. The van der Waals surface area contributed by atoms with E-state index in [4.69, 9.17) is 5.10 Å². The second kappa shape index (κ2) is 5.98. The van der Waals surface area contributed by atoms with E-state index in [1.54, 1.807) is 16.8 Å². The zero-order valence-corrected chi connectivity index (χ0v) is 14.6. The minimum Gasteiger partial charge on any atom is -0.299 e. The van der Waals surface area contributed by atoms with E-state index < -0.39 is 0 Å². The maximum atomic E-state index is 14.1. The van der Waals surface area contributed by atoms with Gasteiger partial charge in [0.25, 0.3) is 0 Å². The van der Waals surface area contributed by atoms with E-state index in [2.05, 4.69) is 26.0 Å². The Hall–Kier alpha value is -2.28. The van der Waals surface area contributed by atoms with Crippen LogP contribution < -0.4 is 0 Å². The van der Waals surface area contributed by atoms with E-state index in [1.807, 2.05) is 36.5 Å². The summed E-state index contributed by atoms with van der Waals surface area (Å²) in [7, 11) is 1.94. The first-order valence-corrected chi connectivity index (χ1v) is 8.42. The summed E-state index contributed by atoms with van der Waals surface area (Å²) in [6.45, 7) is 0.809. The fraction of sp³-hybridized carbons (Fsp3) is 0.235. The number of rotatable bonds is 3. The van der Waals surface area contributed by atoms with Gasteiger partial charge in [0.15, 0.2) is 5.65 Å². The Bertz CT molecular complexity index is 936. The van der Waals surface area contributed by atoms with Gasteiger partial charge in [-0.15, -0.1) is 0 Å². The highest BCUT2D eigenvalue weighted by Crippen LogP contribution is 2.21. The lowest BCUT2D eigenvalue weighted by Gasteiger charge is -2.10. The molecule has 0 bridgehead atoms. The quantitative estimate of drug-likeness (QED) is 0.692. The van der Waals surface area contributed by atoms with Gasteiger partial charge in [0.1, 0.15) is 5.82 Å². The topological polar surface area (TPSA) is 45.8 Å². The summed E-state index contributed by atoms with van der Waals surface area (Å²) in [6, 6.07) is 9.01. The van der Waals surface area contributed by atoms with Crippen molar-refractivity contribution < 1.29 is 4.39 Å². The van der Waals surface area contributed by atoms with Gasteiger partial charge in [-0.3, -0.25) is 5.01 Å². The SMILES string of the molecule is CN1CC(c2ccc3ncc(Cc4ccc(Br)cc4F)n3n2)C=N1. The van der Waals surface area contributed by atoms with Crippen molar-refractivity contribution in [1.82, 2.24) is 19.6 Å². The minimum atomic E-state index is -0.236. The summed E-state index contributed by atoms with van der Waals surface area (Å²) in [6.07, 6.45) is 4.09. The van der Waals surface area contributed by atoms with Gasteiger partial charge in [-0.05, 0) is 29.8 Å². The van der Waals surface area contributed by atoms with E-state index in [-0.39, 0.29) is 11.7 Å². The summed E-state index contributed by atoms with van der Waals surface area (Å²) < 4.78 is 16.6. The third kappa shape index (κ3) is 2.80. The van der Waals surface area contributed by atoms with Crippen molar-refractivity contribution in [1.29, 1.82) is 0 Å². The van der Waals surface area contributed by atoms with Crippen LogP contribution in [0.5, 0.6) is 0 Å². The normalized spacial score (nSPS) is 17.1. The van der Waals surface area contributed by atoms with Gasteiger partial charge in [-0.2, -0.15) is 10.2 Å². The first-order chi connectivity index (χ1) is 11.6. The second-order valence-electron chi connectivity index (χ2n) is 5.90. The molecule has 24 heavy (non-hydrogen) atoms. The number of fused-ring (bicyclic) bond motifs is 1. The monoisotopic (exact) mass is 387 g/mol. The maximum Gasteiger partial charge on any atom is 0.153 e. The van der Waals surface area contributed by atoms with Gasteiger partial charge in [0.2, 0.25) is 0 Å². The van der Waals surface area contributed by atoms with E-state index in [0.717, 1.165) is 28.1 Å². The molecular weight excluding hydrogens is 373 g/mol. The molecule has 122 valence electrons.